The molecule has 0 saturated carbocycles. The van der Waals surface area contributed by atoms with E-state index in [1.807, 2.05) is 4.90 Å². The predicted octanol–water partition coefficient (Wildman–Crippen LogP) is 0.766. The number of rotatable bonds is 2. The molecule has 0 bridgehead atoms. The SMILES string of the molecule is CC1CCCCN1C(=O)CC1COCCN1. The molecule has 2 fully saturated rings. The van der Waals surface area contributed by atoms with Gasteiger partial charge in [-0.1, -0.05) is 0 Å². The van der Waals surface area contributed by atoms with E-state index in [0.29, 0.717) is 19.1 Å². The molecule has 4 nitrogen and oxygen atoms in total. The molecular weight excluding hydrogens is 204 g/mol. The summed E-state index contributed by atoms with van der Waals surface area (Å²) in [5.41, 5.74) is 0. The number of nitrogens with zero attached hydrogens (tertiary/aromatic N) is 1. The maximum Gasteiger partial charge on any atom is 0.224 e. The lowest BCUT2D eigenvalue weighted by atomic mass is 10.0. The molecular formula is C12H22N2O2. The average Bonchev–Trinajstić information content (AvgIpc) is 2.31. The highest BCUT2D eigenvalue weighted by Gasteiger charge is 2.26. The first kappa shape index (κ1) is 11.9. The third-order valence-corrected chi connectivity index (χ3v) is 3.54. The molecule has 2 heterocycles. The summed E-state index contributed by atoms with van der Waals surface area (Å²) >= 11 is 0. The first-order valence-corrected chi connectivity index (χ1v) is 6.38. The van der Waals surface area contributed by atoms with E-state index in [2.05, 4.69) is 12.2 Å². The molecule has 92 valence electrons. The molecule has 2 atom stereocenters. The van der Waals surface area contributed by atoms with Crippen molar-refractivity contribution in [2.75, 3.05) is 26.3 Å². The molecule has 2 unspecified atom stereocenters. The molecule has 16 heavy (non-hydrogen) atoms. The summed E-state index contributed by atoms with van der Waals surface area (Å²) in [5.74, 6) is 0.287. The maximum absolute atomic E-state index is 12.1. The molecule has 2 saturated heterocycles. The Morgan fingerprint density at radius 2 is 2.38 bits per heavy atom. The van der Waals surface area contributed by atoms with Crippen LogP contribution in [0.4, 0.5) is 0 Å². The Morgan fingerprint density at radius 1 is 1.50 bits per heavy atom. The summed E-state index contributed by atoms with van der Waals surface area (Å²) in [6, 6.07) is 0.640. The largest absolute Gasteiger partial charge is 0.378 e. The molecule has 0 radical (unpaired) electrons. The minimum absolute atomic E-state index is 0.218. The molecule has 1 amide bonds. The minimum Gasteiger partial charge on any atom is -0.378 e. The van der Waals surface area contributed by atoms with Crippen LogP contribution in [0.1, 0.15) is 32.6 Å². The standard InChI is InChI=1S/C12H22N2O2/c1-10-4-2-3-6-14(10)12(15)8-11-9-16-7-5-13-11/h10-11,13H,2-9H2,1H3. The zero-order valence-corrected chi connectivity index (χ0v) is 10.1. The van der Waals surface area contributed by atoms with Gasteiger partial charge >= 0.3 is 0 Å². The monoisotopic (exact) mass is 226 g/mol. The van der Waals surface area contributed by atoms with Crippen LogP contribution in [0.3, 0.4) is 0 Å². The van der Waals surface area contributed by atoms with Crippen molar-refractivity contribution in [1.29, 1.82) is 0 Å². The topological polar surface area (TPSA) is 41.6 Å². The zero-order valence-electron chi connectivity index (χ0n) is 10.1. The van der Waals surface area contributed by atoms with Gasteiger partial charge in [-0.25, -0.2) is 0 Å². The lowest BCUT2D eigenvalue weighted by molar-refractivity contribution is -0.135. The first-order valence-electron chi connectivity index (χ1n) is 6.38. The van der Waals surface area contributed by atoms with E-state index in [9.17, 15) is 4.79 Å². The lowest BCUT2D eigenvalue weighted by Crippen LogP contribution is -2.48. The highest BCUT2D eigenvalue weighted by molar-refractivity contribution is 5.77. The van der Waals surface area contributed by atoms with Crippen molar-refractivity contribution >= 4 is 5.91 Å². The van der Waals surface area contributed by atoms with Gasteiger partial charge in [0.2, 0.25) is 5.91 Å². The van der Waals surface area contributed by atoms with Gasteiger partial charge in [-0.15, -0.1) is 0 Å². The molecule has 2 rings (SSSR count). The molecule has 2 aliphatic rings. The molecule has 0 aromatic heterocycles. The fraction of sp³-hybridized carbons (Fsp3) is 0.917. The van der Waals surface area contributed by atoms with E-state index in [1.165, 1.54) is 6.42 Å². The summed E-state index contributed by atoms with van der Waals surface area (Å²) < 4.78 is 5.36. The van der Waals surface area contributed by atoms with Crippen LogP contribution in [0.15, 0.2) is 0 Å². The van der Waals surface area contributed by atoms with Crippen molar-refractivity contribution in [3.63, 3.8) is 0 Å². The van der Waals surface area contributed by atoms with Gasteiger partial charge in [0.15, 0.2) is 0 Å². The minimum atomic E-state index is 0.218. The Morgan fingerprint density at radius 3 is 3.06 bits per heavy atom. The number of amides is 1. The highest BCUT2D eigenvalue weighted by atomic mass is 16.5. The van der Waals surface area contributed by atoms with Crippen LogP contribution in [0.5, 0.6) is 0 Å². The number of ether oxygens (including phenoxy) is 1. The van der Waals surface area contributed by atoms with E-state index < -0.39 is 0 Å². The number of piperidine rings is 1. The third-order valence-electron chi connectivity index (χ3n) is 3.54. The number of hydrogen-bond donors (Lipinski definition) is 1. The normalized spacial score (nSPS) is 31.4. The lowest BCUT2D eigenvalue weighted by Gasteiger charge is -2.35. The Hall–Kier alpha value is -0.610. The number of carbonyl (C=O) groups excluding carboxylic acids is 1. The average molecular weight is 226 g/mol. The van der Waals surface area contributed by atoms with Gasteiger partial charge in [0.25, 0.3) is 0 Å². The van der Waals surface area contributed by atoms with E-state index in [0.717, 1.165) is 32.5 Å². The van der Waals surface area contributed by atoms with E-state index in [-0.39, 0.29) is 11.9 Å². The van der Waals surface area contributed by atoms with Crippen molar-refractivity contribution in [1.82, 2.24) is 10.2 Å². The second-order valence-corrected chi connectivity index (χ2v) is 4.86. The molecule has 2 aliphatic heterocycles. The molecule has 1 N–H and O–H groups in total. The van der Waals surface area contributed by atoms with E-state index >= 15 is 0 Å². The summed E-state index contributed by atoms with van der Waals surface area (Å²) in [6.45, 7) is 5.40. The molecule has 0 spiro atoms. The van der Waals surface area contributed by atoms with Crippen molar-refractivity contribution in [2.24, 2.45) is 0 Å². The summed E-state index contributed by atoms with van der Waals surface area (Å²) in [4.78, 5) is 14.1. The van der Waals surface area contributed by atoms with Gasteiger partial charge in [-0.2, -0.15) is 0 Å². The molecule has 4 heteroatoms. The Labute approximate surface area is 97.3 Å². The fourth-order valence-electron chi connectivity index (χ4n) is 2.55. The molecule has 0 aliphatic carbocycles. The Bertz CT molecular complexity index is 239. The molecule has 0 aromatic rings. The van der Waals surface area contributed by atoms with Gasteiger partial charge in [-0.05, 0) is 26.2 Å². The second kappa shape index (κ2) is 5.64. The van der Waals surface area contributed by atoms with Crippen molar-refractivity contribution in [3.8, 4) is 0 Å². The number of nitrogens with one attached hydrogen (secondary N) is 1. The van der Waals surface area contributed by atoms with Gasteiger partial charge in [0.05, 0.1) is 13.2 Å². The predicted molar refractivity (Wildman–Crippen MR) is 62.3 cm³/mol. The Kier molecular flexibility index (Phi) is 4.18. The van der Waals surface area contributed by atoms with Gasteiger partial charge < -0.3 is 15.0 Å². The number of carbonyl (C=O) groups is 1. The van der Waals surface area contributed by atoms with Crippen LogP contribution in [0, 0.1) is 0 Å². The number of likely N-dealkylation sites (tertiary alicyclic amines) is 1. The van der Waals surface area contributed by atoms with Crippen LogP contribution in [0.25, 0.3) is 0 Å². The van der Waals surface area contributed by atoms with Crippen LogP contribution in [-0.4, -0.2) is 49.2 Å². The van der Waals surface area contributed by atoms with Gasteiger partial charge in [-0.3, -0.25) is 4.79 Å². The highest BCUT2D eigenvalue weighted by Crippen LogP contribution is 2.17. The second-order valence-electron chi connectivity index (χ2n) is 4.86. The molecule has 0 aromatic carbocycles. The van der Waals surface area contributed by atoms with E-state index in [1.54, 1.807) is 0 Å². The van der Waals surface area contributed by atoms with E-state index in [4.69, 9.17) is 4.74 Å². The van der Waals surface area contributed by atoms with Crippen LogP contribution >= 0.6 is 0 Å². The van der Waals surface area contributed by atoms with Crippen LogP contribution in [0.2, 0.25) is 0 Å². The number of hydrogen-bond acceptors (Lipinski definition) is 3. The van der Waals surface area contributed by atoms with Crippen molar-refractivity contribution in [2.45, 2.75) is 44.7 Å². The van der Waals surface area contributed by atoms with Crippen LogP contribution in [-0.2, 0) is 9.53 Å². The van der Waals surface area contributed by atoms with Crippen LogP contribution < -0.4 is 5.32 Å². The van der Waals surface area contributed by atoms with Crippen molar-refractivity contribution < 1.29 is 9.53 Å². The fourth-order valence-corrected chi connectivity index (χ4v) is 2.55. The van der Waals surface area contributed by atoms with Gasteiger partial charge in [0, 0.05) is 31.6 Å². The summed E-state index contributed by atoms with van der Waals surface area (Å²) in [6.07, 6.45) is 4.16. The maximum atomic E-state index is 12.1. The smallest absolute Gasteiger partial charge is 0.224 e. The first-order chi connectivity index (χ1) is 7.77. The van der Waals surface area contributed by atoms with Gasteiger partial charge in [0.1, 0.15) is 0 Å². The zero-order chi connectivity index (χ0) is 11.4. The van der Waals surface area contributed by atoms with Crippen molar-refractivity contribution in [3.05, 3.63) is 0 Å². The number of morpholine rings is 1. The summed E-state index contributed by atoms with van der Waals surface area (Å²) in [5, 5.41) is 3.33. The Balaban J connectivity index is 1.81. The quantitative estimate of drug-likeness (QED) is 0.756. The summed E-state index contributed by atoms with van der Waals surface area (Å²) in [7, 11) is 0. The third kappa shape index (κ3) is 2.95.